The van der Waals surface area contributed by atoms with Crippen LogP contribution >= 0.6 is 0 Å². The van der Waals surface area contributed by atoms with Gasteiger partial charge in [-0.2, -0.15) is 0 Å². The van der Waals surface area contributed by atoms with E-state index in [9.17, 15) is 4.79 Å². The van der Waals surface area contributed by atoms with Gasteiger partial charge in [-0.15, -0.1) is 0 Å². The second-order valence-electron chi connectivity index (χ2n) is 2.69. The number of allylic oxidation sites excluding steroid dienone is 3. The summed E-state index contributed by atoms with van der Waals surface area (Å²) in [5.74, 6) is 0.986. The van der Waals surface area contributed by atoms with Crippen LogP contribution in [0.4, 0.5) is 0 Å². The highest BCUT2D eigenvalue weighted by Crippen LogP contribution is 2.42. The van der Waals surface area contributed by atoms with Gasteiger partial charge in [-0.25, -0.2) is 0 Å². The van der Waals surface area contributed by atoms with Crippen LogP contribution in [-0.2, 0) is 4.79 Å². The first-order valence-corrected chi connectivity index (χ1v) is 3.20. The molecule has 1 fully saturated rings. The molecule has 0 amide bonds. The molecule has 0 aromatic carbocycles. The van der Waals surface area contributed by atoms with Crippen molar-refractivity contribution in [3.8, 4) is 0 Å². The molecule has 2 unspecified atom stereocenters. The lowest BCUT2D eigenvalue weighted by atomic mass is 9.71. The first kappa shape index (κ1) is 4.98. The van der Waals surface area contributed by atoms with Gasteiger partial charge in [0.2, 0.25) is 0 Å². The maximum absolute atomic E-state index is 10.9. The molecular formula is C8H8O. The van der Waals surface area contributed by atoms with Gasteiger partial charge in [-0.3, -0.25) is 4.79 Å². The van der Waals surface area contributed by atoms with E-state index in [1.165, 1.54) is 0 Å². The van der Waals surface area contributed by atoms with E-state index in [1.807, 2.05) is 0 Å². The molecule has 0 spiro atoms. The molecule has 1 heteroatoms. The SMILES string of the molecule is C=C1C(=O)C2CC=CC12. The number of carbonyl (C=O) groups excluding carboxylic acids is 1. The Kier molecular flexibility index (Phi) is 0.747. The third kappa shape index (κ3) is 0.424. The number of hydrogen-bond donors (Lipinski definition) is 0. The second-order valence-corrected chi connectivity index (χ2v) is 2.69. The van der Waals surface area contributed by atoms with E-state index in [0.717, 1.165) is 12.0 Å². The summed E-state index contributed by atoms with van der Waals surface area (Å²) in [7, 11) is 0. The monoisotopic (exact) mass is 120 g/mol. The number of carbonyl (C=O) groups is 1. The predicted molar refractivity (Wildman–Crippen MR) is 34.9 cm³/mol. The zero-order valence-corrected chi connectivity index (χ0v) is 5.13. The topological polar surface area (TPSA) is 17.1 Å². The van der Waals surface area contributed by atoms with Crippen molar-refractivity contribution in [2.45, 2.75) is 6.42 Å². The average molecular weight is 120 g/mol. The fourth-order valence-corrected chi connectivity index (χ4v) is 1.59. The van der Waals surface area contributed by atoms with Crippen LogP contribution in [-0.4, -0.2) is 5.78 Å². The van der Waals surface area contributed by atoms with Crippen LogP contribution in [0.15, 0.2) is 24.3 Å². The molecule has 0 heterocycles. The predicted octanol–water partition coefficient (Wildman–Crippen LogP) is 1.32. The zero-order valence-electron chi connectivity index (χ0n) is 5.13. The minimum atomic E-state index is 0.282. The van der Waals surface area contributed by atoms with E-state index >= 15 is 0 Å². The highest BCUT2D eigenvalue weighted by molar-refractivity contribution is 6.05. The minimum Gasteiger partial charge on any atom is -0.294 e. The Morgan fingerprint density at radius 1 is 1.67 bits per heavy atom. The van der Waals surface area contributed by atoms with Crippen molar-refractivity contribution in [2.75, 3.05) is 0 Å². The Balaban J connectivity index is 2.31. The van der Waals surface area contributed by atoms with Crippen LogP contribution in [0.3, 0.4) is 0 Å². The van der Waals surface area contributed by atoms with Crippen molar-refractivity contribution in [3.05, 3.63) is 24.3 Å². The van der Waals surface area contributed by atoms with E-state index in [0.29, 0.717) is 5.92 Å². The lowest BCUT2D eigenvalue weighted by Crippen LogP contribution is -2.35. The van der Waals surface area contributed by atoms with Crippen molar-refractivity contribution in [1.29, 1.82) is 0 Å². The molecule has 0 aromatic heterocycles. The highest BCUT2D eigenvalue weighted by atomic mass is 16.1. The van der Waals surface area contributed by atoms with Crippen LogP contribution in [0.25, 0.3) is 0 Å². The van der Waals surface area contributed by atoms with Crippen molar-refractivity contribution in [2.24, 2.45) is 11.8 Å². The summed E-state index contributed by atoms with van der Waals surface area (Å²) in [5.41, 5.74) is 0.814. The molecule has 0 saturated heterocycles. The molecule has 2 rings (SSSR count). The number of hydrogen-bond acceptors (Lipinski definition) is 1. The Bertz CT molecular complexity index is 213. The molecular weight excluding hydrogens is 112 g/mol. The summed E-state index contributed by atoms with van der Waals surface area (Å²) in [5, 5.41) is 0. The highest BCUT2D eigenvalue weighted by Gasteiger charge is 2.43. The maximum Gasteiger partial charge on any atom is 0.163 e. The van der Waals surface area contributed by atoms with E-state index in [2.05, 4.69) is 18.7 Å². The lowest BCUT2D eigenvalue weighted by Gasteiger charge is -2.30. The van der Waals surface area contributed by atoms with Gasteiger partial charge < -0.3 is 0 Å². The van der Waals surface area contributed by atoms with Gasteiger partial charge in [0, 0.05) is 11.8 Å². The van der Waals surface area contributed by atoms with E-state index in [4.69, 9.17) is 0 Å². The van der Waals surface area contributed by atoms with Gasteiger partial charge in [-0.1, -0.05) is 18.7 Å². The van der Waals surface area contributed by atoms with E-state index < -0.39 is 0 Å². The molecule has 46 valence electrons. The Labute approximate surface area is 54.1 Å². The standard InChI is InChI=1S/C8H8O/c1-5-6-3-2-4-7(6)8(5)9/h2-3,6-7H,1,4H2. The summed E-state index contributed by atoms with van der Waals surface area (Å²) in [6, 6.07) is 0. The fraction of sp³-hybridized carbons (Fsp3) is 0.375. The van der Waals surface area contributed by atoms with Gasteiger partial charge in [0.1, 0.15) is 0 Å². The third-order valence-corrected chi connectivity index (χ3v) is 2.22. The van der Waals surface area contributed by atoms with E-state index in [1.54, 1.807) is 0 Å². The van der Waals surface area contributed by atoms with Crippen LogP contribution in [0.5, 0.6) is 0 Å². The molecule has 0 aromatic rings. The molecule has 2 aliphatic carbocycles. The average Bonchev–Trinajstić information content (AvgIpc) is 2.30. The molecule has 0 bridgehead atoms. The van der Waals surface area contributed by atoms with Gasteiger partial charge in [0.15, 0.2) is 5.78 Å². The third-order valence-electron chi connectivity index (χ3n) is 2.22. The first-order valence-electron chi connectivity index (χ1n) is 3.20. The number of ketones is 1. The smallest absolute Gasteiger partial charge is 0.163 e. The summed E-state index contributed by atoms with van der Waals surface area (Å²) < 4.78 is 0. The second kappa shape index (κ2) is 1.35. The van der Waals surface area contributed by atoms with Gasteiger partial charge in [0.05, 0.1) is 0 Å². The summed E-state index contributed by atoms with van der Waals surface area (Å²) in [6.45, 7) is 3.68. The van der Waals surface area contributed by atoms with Gasteiger partial charge >= 0.3 is 0 Å². The quantitative estimate of drug-likeness (QED) is 0.348. The molecule has 9 heavy (non-hydrogen) atoms. The van der Waals surface area contributed by atoms with Crippen molar-refractivity contribution < 1.29 is 4.79 Å². The number of rotatable bonds is 0. The maximum atomic E-state index is 10.9. The number of Topliss-reactive ketones (excluding diaryl/α,β-unsaturated/α-hetero) is 1. The van der Waals surface area contributed by atoms with Crippen molar-refractivity contribution in [3.63, 3.8) is 0 Å². The largest absolute Gasteiger partial charge is 0.294 e. The van der Waals surface area contributed by atoms with Crippen LogP contribution in [0.1, 0.15) is 6.42 Å². The van der Waals surface area contributed by atoms with Crippen molar-refractivity contribution in [1.82, 2.24) is 0 Å². The summed E-state index contributed by atoms with van der Waals surface area (Å²) >= 11 is 0. The first-order chi connectivity index (χ1) is 4.30. The van der Waals surface area contributed by atoms with Gasteiger partial charge in [0.25, 0.3) is 0 Å². The minimum absolute atomic E-state index is 0.282. The Hall–Kier alpha value is -0.850. The Morgan fingerprint density at radius 2 is 2.44 bits per heavy atom. The molecule has 0 radical (unpaired) electrons. The van der Waals surface area contributed by atoms with E-state index in [-0.39, 0.29) is 11.7 Å². The van der Waals surface area contributed by atoms with Crippen LogP contribution in [0.2, 0.25) is 0 Å². The molecule has 1 nitrogen and oxygen atoms in total. The summed E-state index contributed by atoms with van der Waals surface area (Å²) in [6.07, 6.45) is 5.11. The zero-order chi connectivity index (χ0) is 6.43. The molecule has 0 N–H and O–H groups in total. The molecule has 2 atom stereocenters. The van der Waals surface area contributed by atoms with Crippen LogP contribution < -0.4 is 0 Å². The normalized spacial score (nSPS) is 38.7. The number of fused-ring (bicyclic) bond motifs is 1. The molecule has 2 aliphatic rings. The van der Waals surface area contributed by atoms with Crippen LogP contribution in [0, 0.1) is 11.8 Å². The molecule has 0 aliphatic heterocycles. The molecule has 1 saturated carbocycles. The lowest BCUT2D eigenvalue weighted by molar-refractivity contribution is -0.124. The fourth-order valence-electron chi connectivity index (χ4n) is 1.59. The van der Waals surface area contributed by atoms with Gasteiger partial charge in [-0.05, 0) is 12.0 Å². The Morgan fingerprint density at radius 3 is 3.11 bits per heavy atom. The summed E-state index contributed by atoms with van der Waals surface area (Å²) in [4.78, 5) is 10.9. The van der Waals surface area contributed by atoms with Crippen molar-refractivity contribution >= 4 is 5.78 Å².